The van der Waals surface area contributed by atoms with Crippen LogP contribution in [0.3, 0.4) is 0 Å². The number of anilines is 1. The molecule has 0 fully saturated rings. The molecule has 0 bridgehead atoms. The van der Waals surface area contributed by atoms with E-state index in [0.29, 0.717) is 26.8 Å². The van der Waals surface area contributed by atoms with E-state index >= 15 is 0 Å². The third kappa shape index (κ3) is 5.28. The highest BCUT2D eigenvalue weighted by atomic mass is 35.5. The molecular formula is C21H19Cl2N3O3S. The Morgan fingerprint density at radius 3 is 2.83 bits per heavy atom. The number of hydrogen-bond donors (Lipinski definition) is 1. The van der Waals surface area contributed by atoms with Crippen molar-refractivity contribution in [3.05, 3.63) is 63.5 Å². The second kappa shape index (κ2) is 9.73. The lowest BCUT2D eigenvalue weighted by molar-refractivity contribution is -0.113. The number of hydrogen-bond acceptors (Lipinski definition) is 6. The second-order valence-corrected chi connectivity index (χ2v) is 8.54. The number of aromatic nitrogens is 2. The summed E-state index contributed by atoms with van der Waals surface area (Å²) in [5.41, 5.74) is 3.22. The van der Waals surface area contributed by atoms with Gasteiger partial charge in [-0.3, -0.25) is 4.79 Å². The van der Waals surface area contributed by atoms with E-state index in [1.54, 1.807) is 18.2 Å². The molecule has 0 spiro atoms. The molecule has 0 atom stereocenters. The van der Waals surface area contributed by atoms with Crippen molar-refractivity contribution >= 4 is 46.6 Å². The highest BCUT2D eigenvalue weighted by molar-refractivity contribution is 7.99. The number of nitrogens with zero attached hydrogens (tertiary/aromatic N) is 2. The van der Waals surface area contributed by atoms with Gasteiger partial charge < -0.3 is 14.5 Å². The summed E-state index contributed by atoms with van der Waals surface area (Å²) < 4.78 is 11.3. The lowest BCUT2D eigenvalue weighted by Crippen LogP contribution is -2.14. The number of carbonyl (C=O) groups is 1. The Kier molecular flexibility index (Phi) is 6.82. The Balaban J connectivity index is 1.27. The van der Waals surface area contributed by atoms with Crippen LogP contribution in [0.2, 0.25) is 10.0 Å². The Bertz CT molecular complexity index is 1060. The summed E-state index contributed by atoms with van der Waals surface area (Å²) in [6.07, 6.45) is 4.70. The molecule has 0 saturated heterocycles. The molecule has 0 aliphatic heterocycles. The Hall–Kier alpha value is -2.22. The maximum atomic E-state index is 12.1. The van der Waals surface area contributed by atoms with Crippen LogP contribution in [0.4, 0.5) is 5.69 Å². The number of nitrogens with one attached hydrogen (secondary N) is 1. The molecule has 9 heteroatoms. The third-order valence-electron chi connectivity index (χ3n) is 4.68. The lowest BCUT2D eigenvalue weighted by Gasteiger charge is -2.16. The van der Waals surface area contributed by atoms with Crippen LogP contribution in [0.1, 0.15) is 29.9 Å². The Labute approximate surface area is 188 Å². The van der Waals surface area contributed by atoms with Crippen LogP contribution >= 0.6 is 35.0 Å². The van der Waals surface area contributed by atoms with E-state index in [0.717, 1.165) is 30.4 Å². The number of halogens is 2. The molecule has 156 valence electrons. The SMILES string of the molecule is O=C(CSc1nnc(COc2ccc3c(c2)CCCC3)o1)Nc1cccc(Cl)c1Cl. The van der Waals surface area contributed by atoms with Gasteiger partial charge in [-0.2, -0.15) is 0 Å². The first-order valence-corrected chi connectivity index (χ1v) is 11.3. The number of carbonyl (C=O) groups excluding carboxylic acids is 1. The number of ether oxygens (including phenoxy) is 1. The molecule has 1 heterocycles. The van der Waals surface area contributed by atoms with Crippen molar-refractivity contribution < 1.29 is 13.9 Å². The van der Waals surface area contributed by atoms with Crippen molar-refractivity contribution in [2.24, 2.45) is 0 Å². The Morgan fingerprint density at radius 1 is 1.13 bits per heavy atom. The van der Waals surface area contributed by atoms with Gasteiger partial charge in [0.05, 0.1) is 21.5 Å². The van der Waals surface area contributed by atoms with Gasteiger partial charge in [-0.05, 0) is 61.1 Å². The number of thioether (sulfide) groups is 1. The van der Waals surface area contributed by atoms with Crippen molar-refractivity contribution in [1.82, 2.24) is 10.2 Å². The summed E-state index contributed by atoms with van der Waals surface area (Å²) in [6, 6.07) is 11.2. The third-order valence-corrected chi connectivity index (χ3v) is 6.32. The fourth-order valence-electron chi connectivity index (χ4n) is 3.21. The van der Waals surface area contributed by atoms with Crippen LogP contribution in [0.15, 0.2) is 46.0 Å². The van der Waals surface area contributed by atoms with Crippen LogP contribution < -0.4 is 10.1 Å². The van der Waals surface area contributed by atoms with E-state index in [-0.39, 0.29) is 18.3 Å². The molecule has 1 aromatic heterocycles. The fraction of sp³-hybridized carbons (Fsp3) is 0.286. The van der Waals surface area contributed by atoms with E-state index in [1.165, 1.54) is 24.0 Å². The number of amides is 1. The summed E-state index contributed by atoms with van der Waals surface area (Å²) in [4.78, 5) is 12.1. The zero-order chi connectivity index (χ0) is 20.9. The first-order valence-electron chi connectivity index (χ1n) is 9.52. The average Bonchev–Trinajstić information content (AvgIpc) is 3.22. The van der Waals surface area contributed by atoms with E-state index in [9.17, 15) is 4.79 Å². The highest BCUT2D eigenvalue weighted by Crippen LogP contribution is 2.30. The van der Waals surface area contributed by atoms with Crippen molar-refractivity contribution in [3.8, 4) is 5.75 Å². The number of fused-ring (bicyclic) bond motifs is 1. The zero-order valence-electron chi connectivity index (χ0n) is 16.0. The minimum Gasteiger partial charge on any atom is -0.484 e. The molecule has 1 aliphatic carbocycles. The maximum absolute atomic E-state index is 12.1. The average molecular weight is 464 g/mol. The first-order chi connectivity index (χ1) is 14.6. The van der Waals surface area contributed by atoms with Gasteiger partial charge in [-0.15, -0.1) is 10.2 Å². The van der Waals surface area contributed by atoms with Crippen molar-refractivity contribution in [2.45, 2.75) is 37.5 Å². The largest absolute Gasteiger partial charge is 0.484 e. The Morgan fingerprint density at radius 2 is 1.97 bits per heavy atom. The summed E-state index contributed by atoms with van der Waals surface area (Å²) in [6.45, 7) is 0.177. The quantitative estimate of drug-likeness (QED) is 0.461. The molecular weight excluding hydrogens is 445 g/mol. The minimum atomic E-state index is -0.255. The maximum Gasteiger partial charge on any atom is 0.277 e. The topological polar surface area (TPSA) is 77.2 Å². The zero-order valence-corrected chi connectivity index (χ0v) is 18.3. The van der Waals surface area contributed by atoms with E-state index in [2.05, 4.69) is 27.6 Å². The van der Waals surface area contributed by atoms with Gasteiger partial charge in [0.2, 0.25) is 5.91 Å². The molecule has 3 aromatic rings. The van der Waals surface area contributed by atoms with Crippen LogP contribution in [0.5, 0.6) is 5.75 Å². The number of benzene rings is 2. The predicted octanol–water partition coefficient (Wildman–Crippen LogP) is 5.57. The molecule has 0 radical (unpaired) electrons. The molecule has 1 N–H and O–H groups in total. The summed E-state index contributed by atoms with van der Waals surface area (Å²) in [7, 11) is 0. The van der Waals surface area contributed by atoms with Crippen LogP contribution in [-0.2, 0) is 24.2 Å². The van der Waals surface area contributed by atoms with Crippen LogP contribution in [0.25, 0.3) is 0 Å². The van der Waals surface area contributed by atoms with Crippen molar-refractivity contribution in [2.75, 3.05) is 11.1 Å². The van der Waals surface area contributed by atoms with Crippen molar-refractivity contribution in [1.29, 1.82) is 0 Å². The van der Waals surface area contributed by atoms with Gasteiger partial charge >= 0.3 is 0 Å². The van der Waals surface area contributed by atoms with E-state index < -0.39 is 0 Å². The van der Waals surface area contributed by atoms with Gasteiger partial charge in [0.15, 0.2) is 6.61 Å². The van der Waals surface area contributed by atoms with Crippen LogP contribution in [0, 0.1) is 0 Å². The molecule has 6 nitrogen and oxygen atoms in total. The van der Waals surface area contributed by atoms with Gasteiger partial charge in [0.1, 0.15) is 5.75 Å². The normalized spacial score (nSPS) is 13.0. The summed E-state index contributed by atoms with van der Waals surface area (Å²) in [5.74, 6) is 0.986. The summed E-state index contributed by atoms with van der Waals surface area (Å²) >= 11 is 13.2. The molecule has 0 unspecified atom stereocenters. The van der Waals surface area contributed by atoms with Gasteiger partial charge in [0.25, 0.3) is 11.1 Å². The number of aryl methyl sites for hydroxylation is 2. The predicted molar refractivity (Wildman–Crippen MR) is 118 cm³/mol. The fourth-order valence-corrected chi connectivity index (χ4v) is 4.14. The molecule has 2 aromatic carbocycles. The molecule has 1 aliphatic rings. The van der Waals surface area contributed by atoms with E-state index in [1.807, 2.05) is 6.07 Å². The van der Waals surface area contributed by atoms with Gasteiger partial charge in [-0.1, -0.05) is 47.1 Å². The first kappa shape index (κ1) is 21.0. The molecule has 1 amide bonds. The van der Waals surface area contributed by atoms with Crippen molar-refractivity contribution in [3.63, 3.8) is 0 Å². The molecule has 0 saturated carbocycles. The molecule has 4 rings (SSSR count). The van der Waals surface area contributed by atoms with Crippen LogP contribution in [-0.4, -0.2) is 21.9 Å². The minimum absolute atomic E-state index is 0.0934. The smallest absolute Gasteiger partial charge is 0.277 e. The monoisotopic (exact) mass is 463 g/mol. The second-order valence-electron chi connectivity index (χ2n) is 6.83. The number of rotatable bonds is 7. The van der Waals surface area contributed by atoms with Gasteiger partial charge in [0, 0.05) is 0 Å². The highest BCUT2D eigenvalue weighted by Gasteiger charge is 2.14. The standard InChI is InChI=1S/C21H19Cl2N3O3S/c22-16-6-3-7-17(20(16)23)24-18(27)12-30-21-26-25-19(29-21)11-28-15-9-8-13-4-1-2-5-14(13)10-15/h3,6-10H,1-2,4-5,11-12H2,(H,24,27). The van der Waals surface area contributed by atoms with Gasteiger partial charge in [-0.25, -0.2) is 0 Å². The lowest BCUT2D eigenvalue weighted by atomic mass is 9.92. The van der Waals surface area contributed by atoms with E-state index in [4.69, 9.17) is 32.4 Å². The summed E-state index contributed by atoms with van der Waals surface area (Å²) in [5, 5.41) is 11.6. The molecule has 30 heavy (non-hydrogen) atoms.